The maximum absolute atomic E-state index is 5.01. The van der Waals surface area contributed by atoms with Gasteiger partial charge in [-0.05, 0) is 0 Å². The molecule has 2 heterocycles. The van der Waals surface area contributed by atoms with Gasteiger partial charge in [0.05, 0.1) is 5.75 Å². The molecule has 24 heavy (non-hydrogen) atoms. The van der Waals surface area contributed by atoms with Crippen LogP contribution in [0.25, 0.3) is 22.0 Å². The smallest absolute Gasteiger partial charge is 0.223 e. The molecule has 4 aromatic rings. The Kier molecular flexibility index (Phi) is 3.96. The lowest BCUT2D eigenvalue weighted by Crippen LogP contribution is -1.94. The van der Waals surface area contributed by atoms with Gasteiger partial charge in [0.25, 0.3) is 0 Å². The van der Waals surface area contributed by atoms with E-state index in [2.05, 4.69) is 32.5 Å². The standard InChI is InChI=1S/C18H14N4OS/c1-12-19-16(22-23-12)11-24-18-15-10-6-5-9-14(15)17(20-21-18)13-7-3-2-4-8-13/h2-10H,11H2,1H3. The first kappa shape index (κ1) is 14.8. The maximum atomic E-state index is 5.01. The van der Waals surface area contributed by atoms with Crippen LogP contribution in [0.15, 0.2) is 64.1 Å². The summed E-state index contributed by atoms with van der Waals surface area (Å²) < 4.78 is 5.01. The van der Waals surface area contributed by atoms with E-state index in [-0.39, 0.29) is 0 Å². The highest BCUT2D eigenvalue weighted by molar-refractivity contribution is 7.98. The number of thioether (sulfide) groups is 1. The first-order valence-electron chi connectivity index (χ1n) is 7.54. The van der Waals surface area contributed by atoms with E-state index in [0.717, 1.165) is 27.1 Å². The van der Waals surface area contributed by atoms with Gasteiger partial charge in [-0.2, -0.15) is 4.98 Å². The summed E-state index contributed by atoms with van der Waals surface area (Å²) >= 11 is 1.56. The highest BCUT2D eigenvalue weighted by atomic mass is 32.2. The van der Waals surface area contributed by atoms with E-state index in [4.69, 9.17) is 4.52 Å². The number of rotatable bonds is 4. The zero-order valence-electron chi connectivity index (χ0n) is 13.0. The van der Waals surface area contributed by atoms with Crippen molar-refractivity contribution >= 4 is 22.5 Å². The van der Waals surface area contributed by atoms with Crippen LogP contribution in [0.1, 0.15) is 11.7 Å². The molecular formula is C18H14N4OS. The lowest BCUT2D eigenvalue weighted by atomic mass is 10.1. The van der Waals surface area contributed by atoms with E-state index in [0.29, 0.717) is 17.5 Å². The van der Waals surface area contributed by atoms with Gasteiger partial charge in [-0.25, -0.2) is 0 Å². The molecule has 4 rings (SSSR count). The molecule has 118 valence electrons. The molecule has 0 atom stereocenters. The predicted molar refractivity (Wildman–Crippen MR) is 93.6 cm³/mol. The minimum atomic E-state index is 0.570. The van der Waals surface area contributed by atoms with Gasteiger partial charge in [0.1, 0.15) is 10.7 Å². The van der Waals surface area contributed by atoms with Crippen LogP contribution in [0.2, 0.25) is 0 Å². The van der Waals surface area contributed by atoms with Gasteiger partial charge in [0.2, 0.25) is 5.89 Å². The fourth-order valence-electron chi connectivity index (χ4n) is 2.53. The molecule has 0 spiro atoms. The first-order chi connectivity index (χ1) is 11.8. The minimum Gasteiger partial charge on any atom is -0.340 e. The van der Waals surface area contributed by atoms with E-state index in [1.807, 2.05) is 42.5 Å². The Balaban J connectivity index is 1.73. The Hall–Kier alpha value is -2.73. The SMILES string of the molecule is Cc1nc(CSc2nnc(-c3ccccc3)c3ccccc23)no1. The van der Waals surface area contributed by atoms with E-state index >= 15 is 0 Å². The van der Waals surface area contributed by atoms with Crippen LogP contribution < -0.4 is 0 Å². The summed E-state index contributed by atoms with van der Waals surface area (Å²) in [4.78, 5) is 4.22. The predicted octanol–water partition coefficient (Wildman–Crippen LogP) is 4.28. The molecule has 0 saturated carbocycles. The highest BCUT2D eigenvalue weighted by Gasteiger charge is 2.12. The Bertz CT molecular complexity index is 985. The zero-order valence-corrected chi connectivity index (χ0v) is 13.8. The number of hydrogen-bond donors (Lipinski definition) is 0. The van der Waals surface area contributed by atoms with Crippen molar-refractivity contribution in [2.24, 2.45) is 0 Å². The molecule has 6 heteroatoms. The normalized spacial score (nSPS) is 11.0. The average molecular weight is 334 g/mol. The second-order valence-electron chi connectivity index (χ2n) is 5.28. The van der Waals surface area contributed by atoms with Crippen LogP contribution in [0.5, 0.6) is 0 Å². The monoisotopic (exact) mass is 334 g/mol. The second-order valence-corrected chi connectivity index (χ2v) is 6.25. The molecule has 0 bridgehead atoms. The lowest BCUT2D eigenvalue weighted by Gasteiger charge is -2.08. The quantitative estimate of drug-likeness (QED) is 0.519. The molecule has 0 radical (unpaired) electrons. The lowest BCUT2D eigenvalue weighted by molar-refractivity contribution is 0.389. The highest BCUT2D eigenvalue weighted by Crippen LogP contribution is 2.32. The van der Waals surface area contributed by atoms with Gasteiger partial charge in [0, 0.05) is 23.3 Å². The summed E-state index contributed by atoms with van der Waals surface area (Å²) in [5.41, 5.74) is 1.96. The molecule has 0 N–H and O–H groups in total. The number of benzene rings is 2. The molecule has 0 amide bonds. The average Bonchev–Trinajstić information content (AvgIpc) is 3.06. The second kappa shape index (κ2) is 6.41. The van der Waals surface area contributed by atoms with E-state index < -0.39 is 0 Å². The van der Waals surface area contributed by atoms with Crippen molar-refractivity contribution in [3.05, 3.63) is 66.3 Å². The molecule has 2 aromatic heterocycles. The van der Waals surface area contributed by atoms with Crippen molar-refractivity contribution in [2.45, 2.75) is 17.7 Å². The summed E-state index contributed by atoms with van der Waals surface area (Å²) in [6.45, 7) is 1.78. The van der Waals surface area contributed by atoms with Crippen LogP contribution in [-0.2, 0) is 5.75 Å². The molecule has 0 saturated heterocycles. The van der Waals surface area contributed by atoms with Gasteiger partial charge < -0.3 is 4.52 Å². The number of hydrogen-bond acceptors (Lipinski definition) is 6. The molecule has 0 unspecified atom stereocenters. The van der Waals surface area contributed by atoms with Gasteiger partial charge in [-0.1, -0.05) is 71.5 Å². The number of aromatic nitrogens is 4. The van der Waals surface area contributed by atoms with Crippen molar-refractivity contribution in [1.29, 1.82) is 0 Å². The molecule has 0 aliphatic rings. The third-order valence-corrected chi connectivity index (χ3v) is 4.59. The van der Waals surface area contributed by atoms with Crippen LogP contribution in [0.3, 0.4) is 0 Å². The molecule has 0 aliphatic heterocycles. The Morgan fingerprint density at radius 2 is 1.67 bits per heavy atom. The number of nitrogens with zero attached hydrogens (tertiary/aromatic N) is 4. The molecule has 0 aliphatic carbocycles. The fourth-order valence-corrected chi connectivity index (χ4v) is 3.34. The van der Waals surface area contributed by atoms with Crippen molar-refractivity contribution in [1.82, 2.24) is 20.3 Å². The van der Waals surface area contributed by atoms with Gasteiger partial charge in [-0.3, -0.25) is 0 Å². The zero-order chi connectivity index (χ0) is 16.4. The molecule has 0 fully saturated rings. The van der Waals surface area contributed by atoms with Crippen LogP contribution >= 0.6 is 11.8 Å². The largest absolute Gasteiger partial charge is 0.340 e. The van der Waals surface area contributed by atoms with E-state index in [1.165, 1.54) is 0 Å². The fraction of sp³-hybridized carbons (Fsp3) is 0.111. The van der Waals surface area contributed by atoms with Gasteiger partial charge in [-0.15, -0.1) is 10.2 Å². The summed E-state index contributed by atoms with van der Waals surface area (Å²) in [7, 11) is 0. The van der Waals surface area contributed by atoms with Crippen molar-refractivity contribution in [3.8, 4) is 11.3 Å². The Labute approximate surface area is 143 Å². The van der Waals surface area contributed by atoms with Crippen molar-refractivity contribution in [2.75, 3.05) is 0 Å². The third kappa shape index (κ3) is 2.88. The maximum Gasteiger partial charge on any atom is 0.223 e. The van der Waals surface area contributed by atoms with E-state index in [1.54, 1.807) is 18.7 Å². The topological polar surface area (TPSA) is 64.7 Å². The Morgan fingerprint density at radius 3 is 2.42 bits per heavy atom. The summed E-state index contributed by atoms with van der Waals surface area (Å²) in [6, 6.07) is 18.3. The third-order valence-electron chi connectivity index (χ3n) is 3.61. The molecule has 2 aromatic carbocycles. The minimum absolute atomic E-state index is 0.570. The van der Waals surface area contributed by atoms with Crippen molar-refractivity contribution < 1.29 is 4.52 Å². The van der Waals surface area contributed by atoms with Crippen molar-refractivity contribution in [3.63, 3.8) is 0 Å². The molecular weight excluding hydrogens is 320 g/mol. The number of fused-ring (bicyclic) bond motifs is 1. The number of aryl methyl sites for hydroxylation is 1. The first-order valence-corrected chi connectivity index (χ1v) is 8.52. The van der Waals surface area contributed by atoms with Gasteiger partial charge in [0.15, 0.2) is 5.82 Å². The van der Waals surface area contributed by atoms with Crippen LogP contribution in [-0.4, -0.2) is 20.3 Å². The summed E-state index contributed by atoms with van der Waals surface area (Å²) in [5.74, 6) is 1.83. The molecule has 5 nitrogen and oxygen atoms in total. The van der Waals surface area contributed by atoms with Crippen LogP contribution in [0, 0.1) is 6.92 Å². The van der Waals surface area contributed by atoms with Crippen LogP contribution in [0.4, 0.5) is 0 Å². The summed E-state index contributed by atoms with van der Waals surface area (Å²) in [5, 5.41) is 15.8. The van der Waals surface area contributed by atoms with Gasteiger partial charge >= 0.3 is 0 Å². The summed E-state index contributed by atoms with van der Waals surface area (Å²) in [6.07, 6.45) is 0. The van der Waals surface area contributed by atoms with E-state index in [9.17, 15) is 0 Å². The Morgan fingerprint density at radius 1 is 0.917 bits per heavy atom.